The molecule has 1 aromatic carbocycles. The molecule has 2 aromatic rings. The number of carbonyl (C=O) groups is 1. The first kappa shape index (κ1) is 14.7. The Bertz CT molecular complexity index is 651. The highest BCUT2D eigenvalue weighted by Gasteiger charge is 2.22. The van der Waals surface area contributed by atoms with Crippen molar-refractivity contribution in [3.63, 3.8) is 0 Å². The van der Waals surface area contributed by atoms with E-state index in [1.54, 1.807) is 18.5 Å². The van der Waals surface area contributed by atoms with Crippen molar-refractivity contribution in [2.24, 2.45) is 0 Å². The van der Waals surface area contributed by atoms with Crippen molar-refractivity contribution in [1.29, 1.82) is 0 Å². The minimum Gasteiger partial charge on any atom is -0.487 e. The van der Waals surface area contributed by atoms with Gasteiger partial charge in [0, 0.05) is 23.4 Å². The SMILES string of the molecule is CC(Oc1cncc(-c2ccccc2C=O)c1)[C@@H]1CCCN1. The second-order valence-electron chi connectivity index (χ2n) is 5.64. The maximum Gasteiger partial charge on any atom is 0.150 e. The highest BCUT2D eigenvalue weighted by atomic mass is 16.5. The Morgan fingerprint density at radius 1 is 1.36 bits per heavy atom. The molecule has 4 heteroatoms. The lowest BCUT2D eigenvalue weighted by Gasteiger charge is -2.21. The Balaban J connectivity index is 1.81. The largest absolute Gasteiger partial charge is 0.487 e. The Labute approximate surface area is 130 Å². The van der Waals surface area contributed by atoms with Crippen LogP contribution >= 0.6 is 0 Å². The second kappa shape index (κ2) is 6.71. The first-order valence-corrected chi connectivity index (χ1v) is 7.67. The summed E-state index contributed by atoms with van der Waals surface area (Å²) in [5.74, 6) is 0.736. The third-order valence-corrected chi connectivity index (χ3v) is 4.10. The highest BCUT2D eigenvalue weighted by Crippen LogP contribution is 2.26. The van der Waals surface area contributed by atoms with Gasteiger partial charge in [-0.3, -0.25) is 9.78 Å². The van der Waals surface area contributed by atoms with Crippen molar-refractivity contribution in [2.75, 3.05) is 6.54 Å². The molecule has 0 spiro atoms. The molecule has 0 aliphatic carbocycles. The minimum absolute atomic E-state index is 0.0980. The minimum atomic E-state index is 0.0980. The lowest BCUT2D eigenvalue weighted by atomic mass is 10.0. The number of pyridine rings is 1. The zero-order chi connectivity index (χ0) is 15.4. The lowest BCUT2D eigenvalue weighted by Crippen LogP contribution is -2.36. The maximum absolute atomic E-state index is 11.2. The van der Waals surface area contributed by atoms with Gasteiger partial charge in [-0.25, -0.2) is 0 Å². The van der Waals surface area contributed by atoms with E-state index in [0.717, 1.165) is 36.1 Å². The standard InChI is InChI=1S/C18H20N2O2/c1-13(18-7-4-8-20-18)22-16-9-15(10-19-11-16)17-6-3-2-5-14(17)12-21/h2-3,5-6,9-13,18,20H,4,7-8H2,1H3/t13?,18-/m0/s1. The molecule has 3 rings (SSSR count). The molecule has 0 bridgehead atoms. The number of ether oxygens (including phenoxy) is 1. The molecule has 1 N–H and O–H groups in total. The fourth-order valence-corrected chi connectivity index (χ4v) is 2.90. The van der Waals surface area contributed by atoms with Crippen LogP contribution in [0.4, 0.5) is 0 Å². The van der Waals surface area contributed by atoms with E-state index in [-0.39, 0.29) is 6.10 Å². The van der Waals surface area contributed by atoms with E-state index in [1.165, 1.54) is 6.42 Å². The summed E-state index contributed by atoms with van der Waals surface area (Å²) in [5, 5.41) is 3.45. The van der Waals surface area contributed by atoms with E-state index in [1.807, 2.05) is 24.3 Å². The van der Waals surface area contributed by atoms with Crippen LogP contribution in [0.5, 0.6) is 5.75 Å². The Kier molecular flexibility index (Phi) is 4.49. The molecule has 0 radical (unpaired) electrons. The van der Waals surface area contributed by atoms with E-state index in [2.05, 4.69) is 17.2 Å². The van der Waals surface area contributed by atoms with Crippen LogP contribution in [0.2, 0.25) is 0 Å². The van der Waals surface area contributed by atoms with Gasteiger partial charge in [-0.05, 0) is 37.9 Å². The quantitative estimate of drug-likeness (QED) is 0.862. The fourth-order valence-electron chi connectivity index (χ4n) is 2.90. The number of hydrogen-bond donors (Lipinski definition) is 1. The summed E-state index contributed by atoms with van der Waals surface area (Å²) < 4.78 is 6.02. The van der Waals surface area contributed by atoms with Gasteiger partial charge in [0.2, 0.25) is 0 Å². The van der Waals surface area contributed by atoms with Gasteiger partial charge in [-0.15, -0.1) is 0 Å². The summed E-state index contributed by atoms with van der Waals surface area (Å²) in [5.41, 5.74) is 2.43. The van der Waals surface area contributed by atoms with E-state index in [4.69, 9.17) is 4.74 Å². The molecule has 2 heterocycles. The molecule has 1 saturated heterocycles. The van der Waals surface area contributed by atoms with Crippen molar-refractivity contribution < 1.29 is 9.53 Å². The van der Waals surface area contributed by atoms with Crippen molar-refractivity contribution in [2.45, 2.75) is 31.9 Å². The van der Waals surface area contributed by atoms with Gasteiger partial charge in [0.15, 0.2) is 6.29 Å². The summed E-state index contributed by atoms with van der Waals surface area (Å²) in [6.45, 7) is 3.14. The fraction of sp³-hybridized carbons (Fsp3) is 0.333. The van der Waals surface area contributed by atoms with Gasteiger partial charge >= 0.3 is 0 Å². The van der Waals surface area contributed by atoms with Crippen molar-refractivity contribution in [1.82, 2.24) is 10.3 Å². The van der Waals surface area contributed by atoms with Gasteiger partial charge in [0.25, 0.3) is 0 Å². The highest BCUT2D eigenvalue weighted by molar-refractivity contribution is 5.87. The first-order chi connectivity index (χ1) is 10.8. The molecule has 1 aromatic heterocycles. The van der Waals surface area contributed by atoms with Crippen LogP contribution in [-0.2, 0) is 0 Å². The first-order valence-electron chi connectivity index (χ1n) is 7.67. The van der Waals surface area contributed by atoms with E-state index in [0.29, 0.717) is 11.6 Å². The number of hydrogen-bond acceptors (Lipinski definition) is 4. The predicted molar refractivity (Wildman–Crippen MR) is 86.2 cm³/mol. The number of aromatic nitrogens is 1. The molecule has 1 aliphatic rings. The van der Waals surface area contributed by atoms with Gasteiger partial charge in [-0.1, -0.05) is 24.3 Å². The molecule has 0 amide bonds. The molecule has 4 nitrogen and oxygen atoms in total. The molecule has 114 valence electrons. The lowest BCUT2D eigenvalue weighted by molar-refractivity contribution is 0.112. The van der Waals surface area contributed by atoms with Crippen molar-refractivity contribution in [3.05, 3.63) is 48.3 Å². The third kappa shape index (κ3) is 3.17. The van der Waals surface area contributed by atoms with Crippen LogP contribution in [0, 0.1) is 0 Å². The zero-order valence-corrected chi connectivity index (χ0v) is 12.7. The zero-order valence-electron chi connectivity index (χ0n) is 12.7. The van der Waals surface area contributed by atoms with Crippen LogP contribution in [0.25, 0.3) is 11.1 Å². The van der Waals surface area contributed by atoms with Gasteiger partial charge in [0.05, 0.1) is 6.20 Å². The molecular formula is C18H20N2O2. The number of nitrogens with zero attached hydrogens (tertiary/aromatic N) is 1. The van der Waals surface area contributed by atoms with Crippen molar-refractivity contribution in [3.8, 4) is 16.9 Å². The number of benzene rings is 1. The number of nitrogens with one attached hydrogen (secondary N) is 1. The van der Waals surface area contributed by atoms with E-state index < -0.39 is 0 Å². The summed E-state index contributed by atoms with van der Waals surface area (Å²) in [7, 11) is 0. The maximum atomic E-state index is 11.2. The molecule has 1 aliphatic heterocycles. The molecule has 1 unspecified atom stereocenters. The summed E-state index contributed by atoms with van der Waals surface area (Å²) in [6, 6.07) is 9.84. The van der Waals surface area contributed by atoms with Crippen LogP contribution in [0.15, 0.2) is 42.7 Å². The van der Waals surface area contributed by atoms with Gasteiger partial charge in [-0.2, -0.15) is 0 Å². The van der Waals surface area contributed by atoms with E-state index in [9.17, 15) is 4.79 Å². The number of aldehydes is 1. The monoisotopic (exact) mass is 296 g/mol. The summed E-state index contributed by atoms with van der Waals surface area (Å²) in [6.07, 6.45) is 6.78. The molecule has 22 heavy (non-hydrogen) atoms. The topological polar surface area (TPSA) is 51.2 Å². The third-order valence-electron chi connectivity index (χ3n) is 4.10. The smallest absolute Gasteiger partial charge is 0.150 e. The average molecular weight is 296 g/mol. The Morgan fingerprint density at radius 3 is 3.00 bits per heavy atom. The van der Waals surface area contributed by atoms with Crippen LogP contribution < -0.4 is 10.1 Å². The molecular weight excluding hydrogens is 276 g/mol. The predicted octanol–water partition coefficient (Wildman–Crippen LogP) is 3.08. The normalized spacial score (nSPS) is 18.9. The van der Waals surface area contributed by atoms with Crippen molar-refractivity contribution >= 4 is 6.29 Å². The Morgan fingerprint density at radius 2 is 2.23 bits per heavy atom. The van der Waals surface area contributed by atoms with Crippen LogP contribution in [0.3, 0.4) is 0 Å². The van der Waals surface area contributed by atoms with Crippen LogP contribution in [-0.4, -0.2) is 30.0 Å². The van der Waals surface area contributed by atoms with Gasteiger partial charge in [0.1, 0.15) is 11.9 Å². The van der Waals surface area contributed by atoms with Crippen LogP contribution in [0.1, 0.15) is 30.1 Å². The Hall–Kier alpha value is -2.20. The summed E-state index contributed by atoms with van der Waals surface area (Å²) >= 11 is 0. The molecule has 1 fully saturated rings. The average Bonchev–Trinajstić information content (AvgIpc) is 3.10. The number of carbonyl (C=O) groups excluding carboxylic acids is 1. The molecule has 2 atom stereocenters. The second-order valence-corrected chi connectivity index (χ2v) is 5.64. The van der Waals surface area contributed by atoms with E-state index >= 15 is 0 Å². The van der Waals surface area contributed by atoms with Gasteiger partial charge < -0.3 is 10.1 Å². The summed E-state index contributed by atoms with van der Waals surface area (Å²) in [4.78, 5) is 15.4. The number of rotatable bonds is 5. The molecule has 0 saturated carbocycles.